The summed E-state index contributed by atoms with van der Waals surface area (Å²) in [5.74, 6) is 2.43. The number of hydrogen-bond donors (Lipinski definition) is 1. The molecule has 0 fully saturated rings. The highest BCUT2D eigenvalue weighted by Gasteiger charge is 2.22. The molecule has 1 aliphatic heterocycles. The first-order valence-corrected chi connectivity index (χ1v) is 8.00. The zero-order valence-corrected chi connectivity index (χ0v) is 14.0. The van der Waals surface area contributed by atoms with Crippen molar-refractivity contribution in [3.05, 3.63) is 23.8 Å². The second kappa shape index (κ2) is 6.69. The summed E-state index contributed by atoms with van der Waals surface area (Å²) in [7, 11) is 0. The Balaban J connectivity index is 1.78. The van der Waals surface area contributed by atoms with E-state index in [4.69, 9.17) is 9.47 Å². The first-order valence-electron chi connectivity index (χ1n) is 8.00. The molecule has 118 valence electrons. The van der Waals surface area contributed by atoms with Gasteiger partial charge in [-0.1, -0.05) is 33.8 Å². The van der Waals surface area contributed by atoms with Gasteiger partial charge in [0.1, 0.15) is 0 Å². The van der Waals surface area contributed by atoms with Crippen molar-refractivity contribution in [2.45, 2.75) is 53.5 Å². The Morgan fingerprint density at radius 3 is 2.57 bits per heavy atom. The Hall–Kier alpha value is -1.22. The Morgan fingerprint density at radius 1 is 1.14 bits per heavy atom. The maximum Gasteiger partial charge on any atom is 0.231 e. The van der Waals surface area contributed by atoms with Crippen molar-refractivity contribution in [2.24, 2.45) is 11.3 Å². The second-order valence-corrected chi connectivity index (χ2v) is 7.15. The van der Waals surface area contributed by atoms with Crippen LogP contribution in [0.15, 0.2) is 18.2 Å². The molecule has 3 nitrogen and oxygen atoms in total. The molecule has 0 aliphatic carbocycles. The van der Waals surface area contributed by atoms with Gasteiger partial charge >= 0.3 is 0 Å². The highest BCUT2D eigenvalue weighted by Crippen LogP contribution is 2.32. The van der Waals surface area contributed by atoms with Crippen LogP contribution in [0, 0.1) is 11.3 Å². The summed E-state index contributed by atoms with van der Waals surface area (Å²) in [5, 5.41) is 3.67. The normalized spacial score (nSPS) is 15.5. The molecule has 0 saturated carbocycles. The van der Waals surface area contributed by atoms with Crippen LogP contribution in [0.4, 0.5) is 0 Å². The molecule has 0 radical (unpaired) electrons. The fourth-order valence-corrected chi connectivity index (χ4v) is 2.22. The molecule has 1 unspecified atom stereocenters. The number of hydrogen-bond acceptors (Lipinski definition) is 3. The summed E-state index contributed by atoms with van der Waals surface area (Å²) in [6.07, 6.45) is 2.20. The van der Waals surface area contributed by atoms with Gasteiger partial charge in [0.2, 0.25) is 6.79 Å². The Morgan fingerprint density at radius 2 is 1.86 bits per heavy atom. The van der Waals surface area contributed by atoms with Gasteiger partial charge in [0.25, 0.3) is 0 Å². The number of aryl methyl sites for hydroxylation is 1. The van der Waals surface area contributed by atoms with E-state index in [-0.39, 0.29) is 0 Å². The Bertz CT molecular complexity index is 468. The molecule has 21 heavy (non-hydrogen) atoms. The summed E-state index contributed by atoms with van der Waals surface area (Å²) in [6, 6.07) is 6.77. The van der Waals surface area contributed by atoms with E-state index in [1.807, 2.05) is 6.07 Å². The van der Waals surface area contributed by atoms with Gasteiger partial charge in [0.05, 0.1) is 0 Å². The molecule has 0 aromatic heterocycles. The molecule has 2 rings (SSSR count). The van der Waals surface area contributed by atoms with Crippen LogP contribution < -0.4 is 14.8 Å². The van der Waals surface area contributed by atoms with Gasteiger partial charge in [-0.2, -0.15) is 0 Å². The van der Waals surface area contributed by atoms with E-state index in [0.717, 1.165) is 30.9 Å². The van der Waals surface area contributed by atoms with E-state index in [1.165, 1.54) is 5.56 Å². The molecule has 3 heteroatoms. The van der Waals surface area contributed by atoms with Crippen LogP contribution >= 0.6 is 0 Å². The first kappa shape index (κ1) is 16.2. The van der Waals surface area contributed by atoms with E-state index >= 15 is 0 Å². The van der Waals surface area contributed by atoms with Gasteiger partial charge < -0.3 is 14.8 Å². The monoisotopic (exact) mass is 291 g/mol. The quantitative estimate of drug-likeness (QED) is 0.823. The van der Waals surface area contributed by atoms with Crippen LogP contribution in [0.1, 0.15) is 46.6 Å². The van der Waals surface area contributed by atoms with Crippen LogP contribution in [-0.2, 0) is 6.42 Å². The molecular weight excluding hydrogens is 262 g/mol. The number of benzene rings is 1. The van der Waals surface area contributed by atoms with Crippen LogP contribution in [0.25, 0.3) is 0 Å². The second-order valence-electron chi connectivity index (χ2n) is 7.15. The minimum absolute atomic E-state index is 0.340. The minimum atomic E-state index is 0.340. The molecule has 1 heterocycles. The molecule has 1 N–H and O–H groups in total. The third kappa shape index (κ3) is 4.37. The number of nitrogens with one attached hydrogen (secondary N) is 1. The van der Waals surface area contributed by atoms with Crippen molar-refractivity contribution in [3.8, 4) is 11.5 Å². The number of rotatable bonds is 7. The molecule has 1 atom stereocenters. The summed E-state index contributed by atoms with van der Waals surface area (Å²) >= 11 is 0. The van der Waals surface area contributed by atoms with Crippen molar-refractivity contribution in [1.82, 2.24) is 5.32 Å². The summed E-state index contributed by atoms with van der Waals surface area (Å²) < 4.78 is 10.8. The third-order valence-electron chi connectivity index (χ3n) is 4.77. The average Bonchev–Trinajstić information content (AvgIpc) is 2.90. The van der Waals surface area contributed by atoms with Gasteiger partial charge in [0, 0.05) is 12.6 Å². The fourth-order valence-electron chi connectivity index (χ4n) is 2.22. The van der Waals surface area contributed by atoms with E-state index in [2.05, 4.69) is 52.1 Å². The molecule has 0 saturated heterocycles. The van der Waals surface area contributed by atoms with E-state index in [0.29, 0.717) is 24.2 Å². The maximum atomic E-state index is 5.43. The average molecular weight is 291 g/mol. The van der Waals surface area contributed by atoms with Gasteiger partial charge in [0.15, 0.2) is 11.5 Å². The SMILES string of the molecule is CC(CCc1ccc2c(c1)OCO2)NCC(C)(C)C(C)C. The zero-order chi connectivity index (χ0) is 15.5. The lowest BCUT2D eigenvalue weighted by Gasteiger charge is -2.31. The van der Waals surface area contributed by atoms with Crippen molar-refractivity contribution in [1.29, 1.82) is 0 Å². The van der Waals surface area contributed by atoms with Crippen LogP contribution in [0.3, 0.4) is 0 Å². The van der Waals surface area contributed by atoms with Gasteiger partial charge in [-0.05, 0) is 48.8 Å². The molecule has 1 aromatic rings. The molecule has 1 aromatic carbocycles. The number of fused-ring (bicyclic) bond motifs is 1. The Kier molecular flexibility index (Phi) is 5.15. The lowest BCUT2D eigenvalue weighted by Crippen LogP contribution is -2.38. The van der Waals surface area contributed by atoms with Gasteiger partial charge in [-0.25, -0.2) is 0 Å². The van der Waals surface area contributed by atoms with E-state index in [9.17, 15) is 0 Å². The predicted molar refractivity (Wildman–Crippen MR) is 87.0 cm³/mol. The van der Waals surface area contributed by atoms with E-state index in [1.54, 1.807) is 0 Å². The molecular formula is C18H29NO2. The highest BCUT2D eigenvalue weighted by atomic mass is 16.7. The maximum absolute atomic E-state index is 5.43. The third-order valence-corrected chi connectivity index (χ3v) is 4.77. The smallest absolute Gasteiger partial charge is 0.231 e. The van der Waals surface area contributed by atoms with Crippen molar-refractivity contribution in [2.75, 3.05) is 13.3 Å². The lowest BCUT2D eigenvalue weighted by atomic mass is 9.81. The largest absolute Gasteiger partial charge is 0.454 e. The van der Waals surface area contributed by atoms with Crippen LogP contribution in [0.2, 0.25) is 0 Å². The van der Waals surface area contributed by atoms with Crippen molar-refractivity contribution < 1.29 is 9.47 Å². The minimum Gasteiger partial charge on any atom is -0.454 e. The molecule has 1 aliphatic rings. The van der Waals surface area contributed by atoms with Crippen molar-refractivity contribution in [3.63, 3.8) is 0 Å². The Labute approximate surface area is 129 Å². The standard InChI is InChI=1S/C18H29NO2/c1-13(2)18(4,5)11-19-14(3)6-7-15-8-9-16-17(10-15)21-12-20-16/h8-10,13-14,19H,6-7,11-12H2,1-5H3. The highest BCUT2D eigenvalue weighted by molar-refractivity contribution is 5.44. The molecule has 0 bridgehead atoms. The summed E-state index contributed by atoms with van der Waals surface area (Å²) in [6.45, 7) is 12.9. The molecule has 0 spiro atoms. The number of ether oxygens (including phenoxy) is 2. The summed E-state index contributed by atoms with van der Waals surface area (Å²) in [4.78, 5) is 0. The lowest BCUT2D eigenvalue weighted by molar-refractivity contribution is 0.174. The van der Waals surface area contributed by atoms with Crippen molar-refractivity contribution >= 4 is 0 Å². The van der Waals surface area contributed by atoms with Crippen LogP contribution in [0.5, 0.6) is 11.5 Å². The fraction of sp³-hybridized carbons (Fsp3) is 0.667. The first-order chi connectivity index (χ1) is 9.88. The van der Waals surface area contributed by atoms with E-state index < -0.39 is 0 Å². The predicted octanol–water partition coefficient (Wildman–Crippen LogP) is 4.01. The zero-order valence-electron chi connectivity index (χ0n) is 14.0. The van der Waals surface area contributed by atoms with Crippen LogP contribution in [-0.4, -0.2) is 19.4 Å². The summed E-state index contributed by atoms with van der Waals surface area (Å²) in [5.41, 5.74) is 1.66. The van der Waals surface area contributed by atoms with Gasteiger partial charge in [-0.15, -0.1) is 0 Å². The molecule has 0 amide bonds. The van der Waals surface area contributed by atoms with Gasteiger partial charge in [-0.3, -0.25) is 0 Å². The topological polar surface area (TPSA) is 30.5 Å².